The maximum absolute atomic E-state index is 13.7. The molecule has 1 aliphatic rings. The summed E-state index contributed by atoms with van der Waals surface area (Å²) in [7, 11) is 1.63. The summed E-state index contributed by atoms with van der Waals surface area (Å²) in [6, 6.07) is 26.0. The van der Waals surface area contributed by atoms with Crippen molar-refractivity contribution in [1.29, 1.82) is 0 Å². The Kier molecular flexibility index (Phi) is 9.27. The number of aliphatic hydroxyl groups excluding tert-OH is 1. The van der Waals surface area contributed by atoms with Crippen LogP contribution in [0.5, 0.6) is 0 Å². The molecular weight excluding hydrogens is 478 g/mol. The van der Waals surface area contributed by atoms with E-state index in [0.717, 1.165) is 22.3 Å². The number of benzene rings is 3. The minimum atomic E-state index is -0.811. The van der Waals surface area contributed by atoms with Gasteiger partial charge in [-0.3, -0.25) is 14.4 Å². The standard InChI is InChI=1S/C31H35N3O4/c1-33(29(21-23-8-4-2-5-9-23)31(38)34-18-16-27(36)17-19-34)30(37)28(32-22-35)20-24-12-14-26(15-13-24)25-10-6-3-7-11-25/h2-15,22,27-29,36H,16-21H2,1H3,(H,32,35). The molecule has 38 heavy (non-hydrogen) atoms. The van der Waals surface area contributed by atoms with Crippen molar-refractivity contribution in [2.24, 2.45) is 0 Å². The Morgan fingerprint density at radius 3 is 2.05 bits per heavy atom. The minimum Gasteiger partial charge on any atom is -0.393 e. The van der Waals surface area contributed by atoms with Gasteiger partial charge in [-0.05, 0) is 35.1 Å². The van der Waals surface area contributed by atoms with E-state index in [1.54, 1.807) is 11.9 Å². The van der Waals surface area contributed by atoms with Gasteiger partial charge < -0.3 is 20.2 Å². The molecule has 2 N–H and O–H groups in total. The number of likely N-dealkylation sites (tertiary alicyclic amines) is 1. The molecule has 2 unspecified atom stereocenters. The third-order valence-corrected chi connectivity index (χ3v) is 7.22. The first-order valence-electron chi connectivity index (χ1n) is 13.1. The van der Waals surface area contributed by atoms with Crippen molar-refractivity contribution in [3.8, 4) is 11.1 Å². The summed E-state index contributed by atoms with van der Waals surface area (Å²) >= 11 is 0. The number of aliphatic hydroxyl groups is 1. The average molecular weight is 514 g/mol. The van der Waals surface area contributed by atoms with Crippen LogP contribution in [0.2, 0.25) is 0 Å². The quantitative estimate of drug-likeness (QED) is 0.408. The van der Waals surface area contributed by atoms with Gasteiger partial charge in [-0.1, -0.05) is 84.9 Å². The van der Waals surface area contributed by atoms with Crippen LogP contribution in [0.4, 0.5) is 0 Å². The molecule has 0 aliphatic carbocycles. The lowest BCUT2D eigenvalue weighted by molar-refractivity contribution is -0.147. The van der Waals surface area contributed by atoms with Crippen LogP contribution in [0, 0.1) is 0 Å². The molecule has 1 saturated heterocycles. The van der Waals surface area contributed by atoms with E-state index in [1.807, 2.05) is 84.9 Å². The summed E-state index contributed by atoms with van der Waals surface area (Å²) in [6.45, 7) is 0.911. The first-order chi connectivity index (χ1) is 18.5. The van der Waals surface area contributed by atoms with Gasteiger partial charge in [-0.15, -0.1) is 0 Å². The third-order valence-electron chi connectivity index (χ3n) is 7.22. The number of likely N-dealkylation sites (N-methyl/N-ethyl adjacent to an activating group) is 1. The van der Waals surface area contributed by atoms with E-state index in [-0.39, 0.29) is 11.8 Å². The molecule has 3 amide bonds. The fourth-order valence-electron chi connectivity index (χ4n) is 4.92. The van der Waals surface area contributed by atoms with Crippen molar-refractivity contribution in [3.05, 3.63) is 96.1 Å². The zero-order valence-corrected chi connectivity index (χ0v) is 21.7. The van der Waals surface area contributed by atoms with Gasteiger partial charge >= 0.3 is 0 Å². The van der Waals surface area contributed by atoms with E-state index in [2.05, 4.69) is 5.32 Å². The summed E-state index contributed by atoms with van der Waals surface area (Å²) in [4.78, 5) is 42.0. The summed E-state index contributed by atoms with van der Waals surface area (Å²) in [5, 5.41) is 12.6. The maximum atomic E-state index is 13.7. The van der Waals surface area contributed by atoms with Gasteiger partial charge in [0.1, 0.15) is 12.1 Å². The summed E-state index contributed by atoms with van der Waals surface area (Å²) < 4.78 is 0. The van der Waals surface area contributed by atoms with Crippen LogP contribution in [-0.4, -0.2) is 71.5 Å². The normalized spacial score (nSPS) is 15.4. The van der Waals surface area contributed by atoms with Gasteiger partial charge in [-0.25, -0.2) is 0 Å². The molecule has 198 valence electrons. The van der Waals surface area contributed by atoms with Crippen molar-refractivity contribution in [3.63, 3.8) is 0 Å². The Morgan fingerprint density at radius 1 is 0.895 bits per heavy atom. The van der Waals surface area contributed by atoms with Crippen LogP contribution in [0.3, 0.4) is 0 Å². The zero-order chi connectivity index (χ0) is 26.9. The number of nitrogens with one attached hydrogen (secondary N) is 1. The number of hydrogen-bond acceptors (Lipinski definition) is 4. The number of carbonyl (C=O) groups is 3. The highest BCUT2D eigenvalue weighted by Gasteiger charge is 2.35. The van der Waals surface area contributed by atoms with E-state index in [0.29, 0.717) is 45.2 Å². The van der Waals surface area contributed by atoms with Gasteiger partial charge in [0.15, 0.2) is 0 Å². The molecule has 0 bridgehead atoms. The second-order valence-corrected chi connectivity index (χ2v) is 9.82. The summed E-state index contributed by atoms with van der Waals surface area (Å²) in [6.07, 6.45) is 1.85. The Morgan fingerprint density at radius 2 is 1.45 bits per heavy atom. The second-order valence-electron chi connectivity index (χ2n) is 9.82. The van der Waals surface area contributed by atoms with Crippen molar-refractivity contribution in [1.82, 2.24) is 15.1 Å². The fraction of sp³-hybridized carbons (Fsp3) is 0.323. The molecule has 7 heteroatoms. The molecule has 3 aromatic rings. The summed E-state index contributed by atoms with van der Waals surface area (Å²) in [5.41, 5.74) is 4.02. The van der Waals surface area contributed by atoms with E-state index in [1.165, 1.54) is 4.90 Å². The predicted octanol–water partition coefficient (Wildman–Crippen LogP) is 3.06. The van der Waals surface area contributed by atoms with E-state index in [4.69, 9.17) is 0 Å². The van der Waals surface area contributed by atoms with Gasteiger partial charge in [0.25, 0.3) is 0 Å². The molecule has 7 nitrogen and oxygen atoms in total. The Balaban J connectivity index is 1.52. The van der Waals surface area contributed by atoms with Crippen molar-refractivity contribution >= 4 is 18.2 Å². The average Bonchev–Trinajstić information content (AvgIpc) is 2.96. The number of rotatable bonds is 10. The zero-order valence-electron chi connectivity index (χ0n) is 21.7. The Labute approximate surface area is 224 Å². The Bertz CT molecular complexity index is 1190. The SMILES string of the molecule is CN(C(=O)C(Cc1ccc(-c2ccccc2)cc1)NC=O)C(Cc1ccccc1)C(=O)N1CCC(O)CC1. The lowest BCUT2D eigenvalue weighted by Crippen LogP contribution is -2.56. The molecule has 3 aromatic carbocycles. The number of nitrogens with zero attached hydrogens (tertiary/aromatic N) is 2. The smallest absolute Gasteiger partial charge is 0.245 e. The molecule has 1 heterocycles. The molecule has 0 aromatic heterocycles. The molecule has 4 rings (SSSR count). The van der Waals surface area contributed by atoms with Crippen molar-refractivity contribution in [2.75, 3.05) is 20.1 Å². The molecule has 0 radical (unpaired) electrons. The topological polar surface area (TPSA) is 90.0 Å². The minimum absolute atomic E-state index is 0.145. The molecule has 2 atom stereocenters. The third kappa shape index (κ3) is 6.86. The summed E-state index contributed by atoms with van der Waals surface area (Å²) in [5.74, 6) is -0.468. The monoisotopic (exact) mass is 513 g/mol. The number of piperidine rings is 1. The van der Waals surface area contributed by atoms with E-state index < -0.39 is 18.2 Å². The highest BCUT2D eigenvalue weighted by molar-refractivity contribution is 5.91. The van der Waals surface area contributed by atoms with Crippen LogP contribution >= 0.6 is 0 Å². The van der Waals surface area contributed by atoms with Crippen LogP contribution in [0.1, 0.15) is 24.0 Å². The van der Waals surface area contributed by atoms with Gasteiger partial charge in [0.2, 0.25) is 18.2 Å². The fourth-order valence-corrected chi connectivity index (χ4v) is 4.92. The van der Waals surface area contributed by atoms with Gasteiger partial charge in [-0.2, -0.15) is 0 Å². The van der Waals surface area contributed by atoms with Crippen LogP contribution in [0.25, 0.3) is 11.1 Å². The number of hydrogen-bond donors (Lipinski definition) is 2. The molecule has 0 spiro atoms. The van der Waals surface area contributed by atoms with Gasteiger partial charge in [0, 0.05) is 33.0 Å². The first kappa shape index (κ1) is 27.1. The molecular formula is C31H35N3O4. The molecule has 1 aliphatic heterocycles. The first-order valence-corrected chi connectivity index (χ1v) is 13.1. The van der Waals surface area contributed by atoms with Crippen LogP contribution in [-0.2, 0) is 27.2 Å². The largest absolute Gasteiger partial charge is 0.393 e. The second kappa shape index (κ2) is 13.0. The van der Waals surface area contributed by atoms with Crippen LogP contribution < -0.4 is 5.32 Å². The lowest BCUT2D eigenvalue weighted by Gasteiger charge is -2.36. The molecule has 0 saturated carbocycles. The predicted molar refractivity (Wildman–Crippen MR) is 147 cm³/mol. The van der Waals surface area contributed by atoms with Gasteiger partial charge in [0.05, 0.1) is 6.10 Å². The number of carbonyl (C=O) groups excluding carboxylic acids is 3. The van der Waals surface area contributed by atoms with Crippen LogP contribution in [0.15, 0.2) is 84.9 Å². The van der Waals surface area contributed by atoms with Crippen molar-refractivity contribution < 1.29 is 19.5 Å². The highest BCUT2D eigenvalue weighted by Crippen LogP contribution is 2.21. The number of amides is 3. The maximum Gasteiger partial charge on any atom is 0.245 e. The highest BCUT2D eigenvalue weighted by atomic mass is 16.3. The van der Waals surface area contributed by atoms with E-state index >= 15 is 0 Å². The lowest BCUT2D eigenvalue weighted by atomic mass is 9.98. The Hall–Kier alpha value is -3.97. The molecule has 1 fully saturated rings. The van der Waals surface area contributed by atoms with Crippen molar-refractivity contribution in [2.45, 2.75) is 43.9 Å². The van der Waals surface area contributed by atoms with E-state index in [9.17, 15) is 19.5 Å².